The van der Waals surface area contributed by atoms with Gasteiger partial charge in [-0.1, -0.05) is 12.1 Å². The number of aliphatic carboxylic acids is 1. The molecule has 0 aliphatic heterocycles. The lowest BCUT2D eigenvalue weighted by Crippen LogP contribution is -1.86. The molecular weight excluding hydrogens is 201 g/mol. The van der Waals surface area contributed by atoms with Crippen molar-refractivity contribution < 1.29 is 18.7 Å². The number of carbonyl (C=O) groups is 1. The molecule has 0 bridgehead atoms. The Labute approximate surface area is 83.7 Å². The van der Waals surface area contributed by atoms with E-state index in [2.05, 4.69) is 9.40 Å². The number of fused-ring (bicyclic) bond motifs is 1. The van der Waals surface area contributed by atoms with E-state index < -0.39 is 12.1 Å². The molecule has 15 heavy (non-hydrogen) atoms. The molecule has 0 aliphatic rings. The van der Waals surface area contributed by atoms with E-state index in [9.17, 15) is 9.18 Å². The number of rotatable bonds is 2. The molecule has 4 nitrogen and oxygen atoms in total. The first-order valence-corrected chi connectivity index (χ1v) is 4.13. The van der Waals surface area contributed by atoms with Crippen molar-refractivity contribution in [2.75, 3.05) is 0 Å². The van der Waals surface area contributed by atoms with Gasteiger partial charge in [0.2, 0.25) is 0 Å². The van der Waals surface area contributed by atoms with E-state index in [0.29, 0.717) is 16.7 Å². The summed E-state index contributed by atoms with van der Waals surface area (Å²) in [4.78, 5) is 13.8. The minimum absolute atomic E-state index is 0.292. The number of hydrogen-bond donors (Lipinski definition) is 1. The second-order valence-electron chi connectivity index (χ2n) is 2.83. The minimum Gasteiger partial charge on any atom is -0.478 e. The quantitative estimate of drug-likeness (QED) is 0.765. The molecule has 0 atom stereocenters. The van der Waals surface area contributed by atoms with Gasteiger partial charge in [0.25, 0.3) is 0 Å². The molecule has 2 aromatic rings. The van der Waals surface area contributed by atoms with Gasteiger partial charge in [-0.2, -0.15) is 4.98 Å². The summed E-state index contributed by atoms with van der Waals surface area (Å²) in [5.74, 6) is -1.07. The maximum absolute atomic E-state index is 12.7. The molecule has 0 unspecified atom stereocenters. The van der Waals surface area contributed by atoms with Gasteiger partial charge < -0.3 is 9.52 Å². The summed E-state index contributed by atoms with van der Waals surface area (Å²) in [6.07, 6.45) is 1.37. The molecule has 0 fully saturated rings. The number of nitrogens with zero attached hydrogens (tertiary/aromatic N) is 1. The number of hydrogen-bond acceptors (Lipinski definition) is 3. The highest BCUT2D eigenvalue weighted by atomic mass is 19.1. The predicted octanol–water partition coefficient (Wildman–Crippen LogP) is 2.06. The lowest BCUT2D eigenvalue weighted by molar-refractivity contribution is -0.131. The molecule has 0 amide bonds. The van der Waals surface area contributed by atoms with Crippen molar-refractivity contribution in [3.05, 3.63) is 36.0 Å². The van der Waals surface area contributed by atoms with Crippen LogP contribution in [0.3, 0.4) is 0 Å². The zero-order chi connectivity index (χ0) is 10.8. The van der Waals surface area contributed by atoms with Gasteiger partial charge in [-0.3, -0.25) is 0 Å². The Bertz CT molecular complexity index is 545. The summed E-state index contributed by atoms with van der Waals surface area (Å²) < 4.78 is 17.3. The molecule has 0 spiro atoms. The number of para-hydroxylation sites is 1. The topological polar surface area (TPSA) is 63.3 Å². The molecule has 1 N–H and O–H groups in total. The first kappa shape index (κ1) is 9.39. The van der Waals surface area contributed by atoms with Gasteiger partial charge in [0.05, 0.1) is 0 Å². The van der Waals surface area contributed by atoms with E-state index in [1.54, 1.807) is 18.2 Å². The number of carboxylic acids is 1. The van der Waals surface area contributed by atoms with Crippen LogP contribution in [0.4, 0.5) is 4.39 Å². The Hall–Kier alpha value is -2.17. The summed E-state index contributed by atoms with van der Waals surface area (Å²) in [5, 5.41) is 8.45. The van der Waals surface area contributed by atoms with Crippen molar-refractivity contribution in [1.29, 1.82) is 0 Å². The Morgan fingerprint density at radius 1 is 1.53 bits per heavy atom. The van der Waals surface area contributed by atoms with Crippen LogP contribution in [0.5, 0.6) is 0 Å². The van der Waals surface area contributed by atoms with Gasteiger partial charge in [0.15, 0.2) is 5.58 Å². The summed E-state index contributed by atoms with van der Waals surface area (Å²) in [6.45, 7) is 0. The zero-order valence-electron chi connectivity index (χ0n) is 7.48. The summed E-state index contributed by atoms with van der Waals surface area (Å²) >= 11 is 0. The highest BCUT2D eigenvalue weighted by Gasteiger charge is 2.07. The Kier molecular flexibility index (Phi) is 2.21. The number of oxazole rings is 1. The van der Waals surface area contributed by atoms with Crippen LogP contribution < -0.4 is 0 Å². The van der Waals surface area contributed by atoms with Gasteiger partial charge in [-0.25, -0.2) is 4.79 Å². The van der Waals surface area contributed by atoms with Crippen molar-refractivity contribution >= 4 is 23.1 Å². The Morgan fingerprint density at radius 3 is 3.07 bits per heavy atom. The van der Waals surface area contributed by atoms with Crippen LogP contribution >= 0.6 is 0 Å². The fraction of sp³-hybridized carbons (Fsp3) is 0. The zero-order valence-corrected chi connectivity index (χ0v) is 7.48. The van der Waals surface area contributed by atoms with Crippen LogP contribution in [0.15, 0.2) is 28.7 Å². The van der Waals surface area contributed by atoms with Gasteiger partial charge in [0, 0.05) is 11.6 Å². The van der Waals surface area contributed by atoms with Gasteiger partial charge in [-0.05, 0) is 12.1 Å². The Balaban J connectivity index is 2.55. The highest BCUT2D eigenvalue weighted by Crippen LogP contribution is 2.19. The molecule has 0 saturated heterocycles. The fourth-order valence-electron chi connectivity index (χ4n) is 1.24. The number of aromatic nitrogens is 1. The van der Waals surface area contributed by atoms with Crippen molar-refractivity contribution in [2.24, 2.45) is 0 Å². The second-order valence-corrected chi connectivity index (χ2v) is 2.83. The smallest absolute Gasteiger partial charge is 0.382 e. The largest absolute Gasteiger partial charge is 0.478 e. The third-order valence-electron chi connectivity index (χ3n) is 1.83. The minimum atomic E-state index is -1.07. The predicted molar refractivity (Wildman–Crippen MR) is 50.6 cm³/mol. The average Bonchev–Trinajstić information content (AvgIpc) is 2.55. The number of carboxylic acid groups (broad SMARTS) is 1. The second kappa shape index (κ2) is 3.53. The summed E-state index contributed by atoms with van der Waals surface area (Å²) in [6, 6.07) is 4.82. The molecule has 0 saturated carbocycles. The van der Waals surface area contributed by atoms with Crippen molar-refractivity contribution in [2.45, 2.75) is 0 Å². The lowest BCUT2D eigenvalue weighted by Gasteiger charge is -1.91. The normalized spacial score (nSPS) is 11.3. The Morgan fingerprint density at radius 2 is 2.33 bits per heavy atom. The maximum Gasteiger partial charge on any atom is 0.382 e. The third kappa shape index (κ3) is 1.85. The van der Waals surface area contributed by atoms with Crippen LogP contribution in [0.2, 0.25) is 0 Å². The lowest BCUT2D eigenvalue weighted by atomic mass is 10.2. The molecular formula is C10H6FNO3. The molecule has 0 aliphatic carbocycles. The standard InChI is InChI=1S/C10H6FNO3/c11-10-12-9-6(4-5-8(13)14)2-1-3-7(9)15-10/h1-5H,(H,13,14)/b5-4+. The monoisotopic (exact) mass is 207 g/mol. The van der Waals surface area contributed by atoms with Crippen molar-refractivity contribution in [3.8, 4) is 0 Å². The SMILES string of the molecule is O=C(O)/C=C/c1cccc2oc(F)nc12. The maximum atomic E-state index is 12.7. The molecule has 0 radical (unpaired) electrons. The summed E-state index contributed by atoms with van der Waals surface area (Å²) in [7, 11) is 0. The average molecular weight is 207 g/mol. The van der Waals surface area contributed by atoms with Gasteiger partial charge in [0.1, 0.15) is 5.52 Å². The van der Waals surface area contributed by atoms with Crippen molar-refractivity contribution in [1.82, 2.24) is 4.98 Å². The van der Waals surface area contributed by atoms with Crippen molar-refractivity contribution in [3.63, 3.8) is 0 Å². The van der Waals surface area contributed by atoms with Crippen LogP contribution in [0.1, 0.15) is 5.56 Å². The number of halogens is 1. The van der Waals surface area contributed by atoms with E-state index in [4.69, 9.17) is 5.11 Å². The molecule has 2 rings (SSSR count). The van der Waals surface area contributed by atoms with Crippen LogP contribution in [0.25, 0.3) is 17.2 Å². The fourth-order valence-corrected chi connectivity index (χ4v) is 1.24. The number of benzene rings is 1. The molecule has 5 heteroatoms. The molecule has 76 valence electrons. The van der Waals surface area contributed by atoms with E-state index in [1.165, 1.54) is 6.08 Å². The van der Waals surface area contributed by atoms with E-state index in [1.807, 2.05) is 0 Å². The van der Waals surface area contributed by atoms with E-state index >= 15 is 0 Å². The summed E-state index contributed by atoms with van der Waals surface area (Å²) in [5.41, 5.74) is 1.11. The van der Waals surface area contributed by atoms with E-state index in [0.717, 1.165) is 6.08 Å². The van der Waals surface area contributed by atoms with Crippen LogP contribution in [-0.2, 0) is 4.79 Å². The van der Waals surface area contributed by atoms with Crippen LogP contribution in [0, 0.1) is 6.14 Å². The highest BCUT2D eigenvalue weighted by molar-refractivity contribution is 5.90. The third-order valence-corrected chi connectivity index (χ3v) is 1.83. The molecule has 1 heterocycles. The molecule has 1 aromatic heterocycles. The first-order chi connectivity index (χ1) is 7.16. The molecule has 1 aromatic carbocycles. The first-order valence-electron chi connectivity index (χ1n) is 4.13. The van der Waals surface area contributed by atoms with E-state index in [-0.39, 0.29) is 0 Å². The van der Waals surface area contributed by atoms with Gasteiger partial charge >= 0.3 is 12.1 Å². The van der Waals surface area contributed by atoms with Crippen LogP contribution in [-0.4, -0.2) is 16.1 Å². The van der Waals surface area contributed by atoms with Gasteiger partial charge in [-0.15, -0.1) is 4.39 Å².